The van der Waals surface area contributed by atoms with Gasteiger partial charge in [0, 0.05) is 31.0 Å². The molecule has 4 nitrogen and oxygen atoms in total. The average molecular weight is 347 g/mol. The number of aryl methyl sites for hydroxylation is 1. The number of amides is 1. The van der Waals surface area contributed by atoms with Crippen molar-refractivity contribution in [2.45, 2.75) is 18.9 Å². The molecule has 0 radical (unpaired) electrons. The molecule has 0 aliphatic carbocycles. The molecule has 1 fully saturated rings. The highest BCUT2D eigenvalue weighted by Gasteiger charge is 2.25. The number of aromatic nitrogens is 1. The molecule has 0 bridgehead atoms. The fraction of sp³-hybridized carbons (Fsp3) is 0.318. The summed E-state index contributed by atoms with van der Waals surface area (Å²) >= 11 is 0. The van der Waals surface area contributed by atoms with Crippen molar-refractivity contribution >= 4 is 16.7 Å². The summed E-state index contributed by atoms with van der Waals surface area (Å²) in [6, 6.07) is 18.5. The smallest absolute Gasteiger partial charge is 0.251 e. The van der Waals surface area contributed by atoms with Crippen molar-refractivity contribution in [3.8, 4) is 0 Å². The second-order valence-corrected chi connectivity index (χ2v) is 7.07. The Morgan fingerprint density at radius 3 is 2.54 bits per heavy atom. The minimum atomic E-state index is -0.00541. The molecule has 134 valence electrons. The van der Waals surface area contributed by atoms with Gasteiger partial charge in [-0.15, -0.1) is 0 Å². The van der Waals surface area contributed by atoms with Gasteiger partial charge in [0.1, 0.15) is 0 Å². The molecule has 2 heterocycles. The summed E-state index contributed by atoms with van der Waals surface area (Å²) in [5, 5.41) is 5.41. The van der Waals surface area contributed by atoms with Gasteiger partial charge in [0.05, 0.1) is 6.04 Å². The molecule has 1 unspecified atom stereocenters. The second kappa shape index (κ2) is 7.34. The number of nitrogens with zero attached hydrogens (tertiary/aromatic N) is 2. The van der Waals surface area contributed by atoms with E-state index < -0.39 is 0 Å². The summed E-state index contributed by atoms with van der Waals surface area (Å²) < 4.78 is 2.16. The molecule has 1 atom stereocenters. The lowest BCUT2D eigenvalue weighted by atomic mass is 10.1. The number of benzene rings is 2. The number of fused-ring (bicyclic) bond motifs is 1. The molecule has 1 N–H and O–H groups in total. The average Bonchev–Trinajstić information content (AvgIpc) is 3.34. The molecule has 4 heteroatoms. The van der Waals surface area contributed by atoms with Gasteiger partial charge >= 0.3 is 0 Å². The van der Waals surface area contributed by atoms with E-state index in [1.807, 2.05) is 36.4 Å². The SMILES string of the molecule is Cn1cccc1C(CNC(=O)c1ccc2ccccc2c1)N1CCCC1. The molecular weight excluding hydrogens is 322 g/mol. The normalized spacial score (nSPS) is 16.0. The third kappa shape index (κ3) is 3.37. The first-order valence-electron chi connectivity index (χ1n) is 9.35. The van der Waals surface area contributed by atoms with E-state index in [0.717, 1.165) is 29.4 Å². The fourth-order valence-corrected chi connectivity index (χ4v) is 3.92. The van der Waals surface area contributed by atoms with Crippen LogP contribution in [0, 0.1) is 0 Å². The Bertz CT molecular complexity index is 908. The predicted octanol–water partition coefficient (Wildman–Crippen LogP) is 3.75. The minimum Gasteiger partial charge on any atom is -0.353 e. The van der Waals surface area contributed by atoms with E-state index in [9.17, 15) is 4.79 Å². The maximum atomic E-state index is 12.7. The largest absolute Gasteiger partial charge is 0.353 e. The van der Waals surface area contributed by atoms with Crippen molar-refractivity contribution in [2.75, 3.05) is 19.6 Å². The lowest BCUT2D eigenvalue weighted by Gasteiger charge is -2.28. The maximum Gasteiger partial charge on any atom is 0.251 e. The van der Waals surface area contributed by atoms with Gasteiger partial charge < -0.3 is 9.88 Å². The van der Waals surface area contributed by atoms with Crippen LogP contribution in [0.3, 0.4) is 0 Å². The zero-order valence-electron chi connectivity index (χ0n) is 15.2. The predicted molar refractivity (Wildman–Crippen MR) is 105 cm³/mol. The van der Waals surface area contributed by atoms with Crippen LogP contribution >= 0.6 is 0 Å². The fourth-order valence-electron chi connectivity index (χ4n) is 3.92. The number of carbonyl (C=O) groups excluding carboxylic acids is 1. The van der Waals surface area contributed by atoms with Crippen LogP contribution < -0.4 is 5.32 Å². The third-order valence-electron chi connectivity index (χ3n) is 5.37. The van der Waals surface area contributed by atoms with Crippen LogP contribution in [0.15, 0.2) is 60.8 Å². The number of carbonyl (C=O) groups is 1. The van der Waals surface area contributed by atoms with E-state index in [1.165, 1.54) is 18.5 Å². The highest BCUT2D eigenvalue weighted by atomic mass is 16.1. The van der Waals surface area contributed by atoms with Crippen molar-refractivity contribution in [2.24, 2.45) is 7.05 Å². The number of nitrogens with one attached hydrogen (secondary N) is 1. The van der Waals surface area contributed by atoms with Crippen molar-refractivity contribution in [3.05, 3.63) is 72.1 Å². The van der Waals surface area contributed by atoms with Crippen molar-refractivity contribution in [1.29, 1.82) is 0 Å². The highest BCUT2D eigenvalue weighted by Crippen LogP contribution is 2.25. The van der Waals surface area contributed by atoms with Crippen LogP contribution in [0.2, 0.25) is 0 Å². The summed E-state index contributed by atoms with van der Waals surface area (Å²) in [6.45, 7) is 2.83. The summed E-state index contributed by atoms with van der Waals surface area (Å²) in [7, 11) is 2.07. The molecule has 4 rings (SSSR count). The van der Waals surface area contributed by atoms with E-state index in [2.05, 4.69) is 46.2 Å². The Morgan fingerprint density at radius 1 is 1.04 bits per heavy atom. The summed E-state index contributed by atoms with van der Waals surface area (Å²) in [6.07, 6.45) is 4.54. The van der Waals surface area contributed by atoms with Crippen LogP contribution in [0.5, 0.6) is 0 Å². The zero-order chi connectivity index (χ0) is 17.9. The van der Waals surface area contributed by atoms with Gasteiger partial charge in [0.25, 0.3) is 5.91 Å². The Kier molecular flexibility index (Phi) is 4.76. The van der Waals surface area contributed by atoms with Gasteiger partial charge in [-0.05, 0) is 61.0 Å². The lowest BCUT2D eigenvalue weighted by molar-refractivity contribution is 0.0937. The van der Waals surface area contributed by atoms with Gasteiger partial charge in [-0.1, -0.05) is 30.3 Å². The van der Waals surface area contributed by atoms with E-state index >= 15 is 0 Å². The van der Waals surface area contributed by atoms with Gasteiger partial charge in [0.15, 0.2) is 0 Å². The van der Waals surface area contributed by atoms with Gasteiger partial charge in [-0.3, -0.25) is 9.69 Å². The first kappa shape index (κ1) is 16.9. The molecule has 3 aromatic rings. The Balaban J connectivity index is 1.51. The van der Waals surface area contributed by atoms with Gasteiger partial charge in [0.2, 0.25) is 0 Å². The molecule has 0 spiro atoms. The Labute approximate surface area is 154 Å². The molecule has 2 aromatic carbocycles. The standard InChI is InChI=1S/C22H25N3O/c1-24-12-6-9-20(24)21(25-13-4-5-14-25)16-23-22(26)19-11-10-17-7-2-3-8-18(17)15-19/h2-3,6-12,15,21H,4-5,13-14,16H2,1H3,(H,23,26). The topological polar surface area (TPSA) is 37.3 Å². The van der Waals surface area contributed by atoms with Crippen molar-refractivity contribution in [1.82, 2.24) is 14.8 Å². The van der Waals surface area contributed by atoms with Crippen LogP contribution in [0.4, 0.5) is 0 Å². The minimum absolute atomic E-state index is 0.00541. The number of rotatable bonds is 5. The maximum absolute atomic E-state index is 12.7. The Morgan fingerprint density at radius 2 is 1.81 bits per heavy atom. The number of likely N-dealkylation sites (tertiary alicyclic amines) is 1. The molecule has 26 heavy (non-hydrogen) atoms. The van der Waals surface area contributed by atoms with E-state index in [1.54, 1.807) is 0 Å². The van der Waals surface area contributed by atoms with Crippen LogP contribution in [0.25, 0.3) is 10.8 Å². The summed E-state index contributed by atoms with van der Waals surface area (Å²) in [5.74, 6) is -0.00541. The molecule has 1 saturated heterocycles. The molecule has 1 amide bonds. The lowest BCUT2D eigenvalue weighted by Crippen LogP contribution is -2.37. The van der Waals surface area contributed by atoms with Crippen molar-refractivity contribution < 1.29 is 4.79 Å². The first-order valence-corrected chi connectivity index (χ1v) is 9.35. The second-order valence-electron chi connectivity index (χ2n) is 7.07. The number of hydrogen-bond donors (Lipinski definition) is 1. The van der Waals surface area contributed by atoms with Crippen LogP contribution in [-0.4, -0.2) is 35.0 Å². The summed E-state index contributed by atoms with van der Waals surface area (Å²) in [4.78, 5) is 15.2. The summed E-state index contributed by atoms with van der Waals surface area (Å²) in [5.41, 5.74) is 1.97. The van der Waals surface area contributed by atoms with Gasteiger partial charge in [-0.25, -0.2) is 0 Å². The third-order valence-corrected chi connectivity index (χ3v) is 5.37. The Hall–Kier alpha value is -2.59. The molecule has 1 aromatic heterocycles. The molecule has 1 aliphatic heterocycles. The van der Waals surface area contributed by atoms with Crippen LogP contribution in [-0.2, 0) is 7.05 Å². The quantitative estimate of drug-likeness (QED) is 0.763. The van der Waals surface area contributed by atoms with Gasteiger partial charge in [-0.2, -0.15) is 0 Å². The molecule has 0 saturated carbocycles. The molecule has 1 aliphatic rings. The monoisotopic (exact) mass is 347 g/mol. The van der Waals surface area contributed by atoms with E-state index in [-0.39, 0.29) is 11.9 Å². The van der Waals surface area contributed by atoms with E-state index in [4.69, 9.17) is 0 Å². The van der Waals surface area contributed by atoms with Crippen LogP contribution in [0.1, 0.15) is 34.9 Å². The van der Waals surface area contributed by atoms with E-state index in [0.29, 0.717) is 6.54 Å². The molecular formula is C22H25N3O. The first-order chi connectivity index (χ1) is 12.7. The van der Waals surface area contributed by atoms with Crippen molar-refractivity contribution in [3.63, 3.8) is 0 Å². The zero-order valence-corrected chi connectivity index (χ0v) is 15.2. The highest BCUT2D eigenvalue weighted by molar-refractivity contribution is 5.98. The number of hydrogen-bond acceptors (Lipinski definition) is 2.